The van der Waals surface area contributed by atoms with E-state index >= 15 is 0 Å². The summed E-state index contributed by atoms with van der Waals surface area (Å²) in [6, 6.07) is 8.84. The van der Waals surface area contributed by atoms with Gasteiger partial charge in [0.2, 0.25) is 5.91 Å². The number of nitriles is 1. The number of ether oxygens (including phenoxy) is 1. The molecule has 3 N–H and O–H groups in total. The number of anilines is 1. The zero-order valence-corrected chi connectivity index (χ0v) is 10.3. The number of nitrogens with zero attached hydrogens (tertiary/aromatic N) is 1. The van der Waals surface area contributed by atoms with E-state index in [0.29, 0.717) is 24.4 Å². The molecule has 18 heavy (non-hydrogen) atoms. The van der Waals surface area contributed by atoms with Gasteiger partial charge in [0.1, 0.15) is 11.8 Å². The van der Waals surface area contributed by atoms with Crippen LogP contribution in [-0.4, -0.2) is 19.1 Å². The Morgan fingerprint density at radius 2 is 2.39 bits per heavy atom. The number of carbonyl (C=O) groups excluding carboxylic acids is 1. The van der Waals surface area contributed by atoms with E-state index in [1.807, 2.05) is 13.0 Å². The molecule has 0 bridgehead atoms. The molecule has 1 rings (SSSR count). The van der Waals surface area contributed by atoms with E-state index in [2.05, 4.69) is 5.32 Å². The molecule has 0 fully saturated rings. The number of rotatable bonds is 6. The van der Waals surface area contributed by atoms with Crippen LogP contribution in [0.3, 0.4) is 0 Å². The standard InChI is InChI=1S/C13H17N3O2/c1-10(5-6-14)13(17)16-11-3-2-4-12(9-11)18-8-7-15/h2-4,9-10H,5-6,8,14H2,1H3,(H,16,17). The van der Waals surface area contributed by atoms with Crippen molar-refractivity contribution in [3.63, 3.8) is 0 Å². The SMILES string of the molecule is CC(CCN)C(=O)Nc1cccc(OCC#N)c1. The fourth-order valence-corrected chi connectivity index (χ4v) is 1.43. The van der Waals surface area contributed by atoms with Gasteiger partial charge >= 0.3 is 0 Å². The van der Waals surface area contributed by atoms with E-state index in [1.54, 1.807) is 24.3 Å². The molecule has 0 aliphatic carbocycles. The average Bonchev–Trinajstić information content (AvgIpc) is 2.37. The summed E-state index contributed by atoms with van der Waals surface area (Å²) in [7, 11) is 0. The number of carbonyl (C=O) groups is 1. The second-order valence-corrected chi connectivity index (χ2v) is 3.94. The van der Waals surface area contributed by atoms with Gasteiger partial charge in [-0.05, 0) is 25.1 Å². The summed E-state index contributed by atoms with van der Waals surface area (Å²) >= 11 is 0. The van der Waals surface area contributed by atoms with Crippen molar-refractivity contribution in [3.05, 3.63) is 24.3 Å². The number of nitrogens with one attached hydrogen (secondary N) is 1. The molecule has 0 aliphatic heterocycles. The first-order valence-electron chi connectivity index (χ1n) is 5.78. The fraction of sp³-hybridized carbons (Fsp3) is 0.385. The van der Waals surface area contributed by atoms with Crippen LogP contribution in [0.15, 0.2) is 24.3 Å². The third-order valence-electron chi connectivity index (χ3n) is 2.45. The van der Waals surface area contributed by atoms with Crippen LogP contribution < -0.4 is 15.8 Å². The molecule has 0 saturated carbocycles. The van der Waals surface area contributed by atoms with Crippen molar-refractivity contribution < 1.29 is 9.53 Å². The number of hydrogen-bond donors (Lipinski definition) is 2. The summed E-state index contributed by atoms with van der Waals surface area (Å²) in [6.07, 6.45) is 0.649. The first-order valence-corrected chi connectivity index (χ1v) is 5.78. The van der Waals surface area contributed by atoms with Crippen molar-refractivity contribution >= 4 is 11.6 Å². The maximum Gasteiger partial charge on any atom is 0.227 e. The van der Waals surface area contributed by atoms with Crippen LogP contribution in [0.5, 0.6) is 5.75 Å². The Hall–Kier alpha value is -2.06. The number of benzene rings is 1. The third kappa shape index (κ3) is 4.44. The Labute approximate surface area is 107 Å². The fourth-order valence-electron chi connectivity index (χ4n) is 1.43. The molecule has 96 valence electrons. The van der Waals surface area contributed by atoms with Gasteiger partial charge in [0.05, 0.1) is 0 Å². The molecule has 1 atom stereocenters. The highest BCUT2D eigenvalue weighted by Crippen LogP contribution is 2.18. The summed E-state index contributed by atoms with van der Waals surface area (Å²) in [4.78, 5) is 11.8. The highest BCUT2D eigenvalue weighted by atomic mass is 16.5. The predicted octanol–water partition coefficient (Wildman–Crippen LogP) is 1.51. The average molecular weight is 247 g/mol. The summed E-state index contributed by atoms with van der Waals surface area (Å²) in [5.74, 6) is 0.359. The van der Waals surface area contributed by atoms with Crippen molar-refractivity contribution in [1.82, 2.24) is 0 Å². The van der Waals surface area contributed by atoms with E-state index in [1.165, 1.54) is 0 Å². The molecule has 0 radical (unpaired) electrons. The van der Waals surface area contributed by atoms with Gasteiger partial charge < -0.3 is 15.8 Å². The summed E-state index contributed by atoms with van der Waals surface area (Å²) in [5.41, 5.74) is 6.06. The predicted molar refractivity (Wildman–Crippen MR) is 69.0 cm³/mol. The highest BCUT2D eigenvalue weighted by molar-refractivity contribution is 5.92. The lowest BCUT2D eigenvalue weighted by molar-refractivity contribution is -0.119. The Morgan fingerprint density at radius 1 is 1.61 bits per heavy atom. The number of hydrogen-bond acceptors (Lipinski definition) is 4. The Kier molecular flexibility index (Phi) is 5.68. The summed E-state index contributed by atoms with van der Waals surface area (Å²) in [6.45, 7) is 2.30. The lowest BCUT2D eigenvalue weighted by atomic mass is 10.1. The van der Waals surface area contributed by atoms with E-state index < -0.39 is 0 Å². The number of nitrogens with two attached hydrogens (primary N) is 1. The monoisotopic (exact) mass is 247 g/mol. The van der Waals surface area contributed by atoms with Crippen LogP contribution in [0.4, 0.5) is 5.69 Å². The molecule has 1 unspecified atom stereocenters. The first-order chi connectivity index (χ1) is 8.67. The quantitative estimate of drug-likeness (QED) is 0.797. The Balaban J connectivity index is 2.61. The van der Waals surface area contributed by atoms with Crippen molar-refractivity contribution in [1.29, 1.82) is 5.26 Å². The van der Waals surface area contributed by atoms with Crippen LogP contribution in [-0.2, 0) is 4.79 Å². The van der Waals surface area contributed by atoms with Gasteiger partial charge in [-0.25, -0.2) is 0 Å². The Morgan fingerprint density at radius 3 is 3.06 bits per heavy atom. The van der Waals surface area contributed by atoms with Crippen LogP contribution in [0.1, 0.15) is 13.3 Å². The van der Waals surface area contributed by atoms with Crippen molar-refractivity contribution in [3.8, 4) is 11.8 Å². The summed E-state index contributed by atoms with van der Waals surface area (Å²) in [5, 5.41) is 11.2. The Bertz CT molecular complexity index is 440. The van der Waals surface area contributed by atoms with Crippen molar-refractivity contribution in [2.45, 2.75) is 13.3 Å². The second-order valence-electron chi connectivity index (χ2n) is 3.94. The molecule has 0 heterocycles. The van der Waals surface area contributed by atoms with Crippen LogP contribution in [0.2, 0.25) is 0 Å². The molecular weight excluding hydrogens is 230 g/mol. The van der Waals surface area contributed by atoms with Gasteiger partial charge in [0.15, 0.2) is 6.61 Å². The maximum absolute atomic E-state index is 11.8. The normalized spacial score (nSPS) is 11.4. The smallest absolute Gasteiger partial charge is 0.227 e. The first kappa shape index (κ1) is 14.0. The van der Waals surface area contributed by atoms with Gasteiger partial charge in [0.25, 0.3) is 0 Å². The molecule has 0 aromatic heterocycles. The van der Waals surface area contributed by atoms with Gasteiger partial charge in [0, 0.05) is 17.7 Å². The summed E-state index contributed by atoms with van der Waals surface area (Å²) < 4.78 is 5.15. The van der Waals surface area contributed by atoms with Crippen LogP contribution >= 0.6 is 0 Å². The van der Waals surface area contributed by atoms with E-state index in [4.69, 9.17) is 15.7 Å². The molecule has 0 spiro atoms. The van der Waals surface area contributed by atoms with Gasteiger partial charge in [-0.3, -0.25) is 4.79 Å². The van der Waals surface area contributed by atoms with E-state index in [9.17, 15) is 4.79 Å². The molecule has 5 heteroatoms. The van der Waals surface area contributed by atoms with Crippen molar-refractivity contribution in [2.75, 3.05) is 18.5 Å². The maximum atomic E-state index is 11.8. The van der Waals surface area contributed by atoms with Gasteiger partial charge in [-0.1, -0.05) is 13.0 Å². The lowest BCUT2D eigenvalue weighted by Crippen LogP contribution is -2.22. The van der Waals surface area contributed by atoms with Gasteiger partial charge in [-0.15, -0.1) is 0 Å². The molecule has 5 nitrogen and oxygen atoms in total. The minimum atomic E-state index is -0.126. The second kappa shape index (κ2) is 7.30. The van der Waals surface area contributed by atoms with E-state index in [0.717, 1.165) is 0 Å². The third-order valence-corrected chi connectivity index (χ3v) is 2.45. The highest BCUT2D eigenvalue weighted by Gasteiger charge is 2.12. The molecule has 0 aliphatic rings. The molecule has 1 aromatic carbocycles. The van der Waals surface area contributed by atoms with Crippen LogP contribution in [0.25, 0.3) is 0 Å². The number of amides is 1. The largest absolute Gasteiger partial charge is 0.479 e. The zero-order chi connectivity index (χ0) is 13.4. The van der Waals surface area contributed by atoms with Crippen molar-refractivity contribution in [2.24, 2.45) is 11.7 Å². The molecule has 1 aromatic rings. The molecule has 0 saturated heterocycles. The topological polar surface area (TPSA) is 88.1 Å². The minimum absolute atomic E-state index is 0.0129. The van der Waals surface area contributed by atoms with E-state index in [-0.39, 0.29) is 18.4 Å². The lowest BCUT2D eigenvalue weighted by Gasteiger charge is -2.11. The zero-order valence-electron chi connectivity index (χ0n) is 10.3. The minimum Gasteiger partial charge on any atom is -0.479 e. The van der Waals surface area contributed by atoms with Crippen LogP contribution in [0, 0.1) is 17.2 Å². The van der Waals surface area contributed by atoms with Gasteiger partial charge in [-0.2, -0.15) is 5.26 Å². The molecule has 1 amide bonds. The molecular formula is C13H17N3O2.